The van der Waals surface area contributed by atoms with Crippen molar-refractivity contribution in [2.75, 3.05) is 13.2 Å². The van der Waals surface area contributed by atoms with Crippen molar-refractivity contribution >= 4 is 23.5 Å². The molecule has 0 atom stereocenters. The summed E-state index contributed by atoms with van der Waals surface area (Å²) in [7, 11) is 0. The van der Waals surface area contributed by atoms with Crippen molar-refractivity contribution in [1.29, 1.82) is 0 Å². The van der Waals surface area contributed by atoms with Crippen LogP contribution in [0.4, 0.5) is 0 Å². The Hall–Kier alpha value is -2.53. The molecule has 0 bridgehead atoms. The van der Waals surface area contributed by atoms with Crippen LogP contribution in [0.5, 0.6) is 5.75 Å². The fourth-order valence-corrected chi connectivity index (χ4v) is 2.31. The van der Waals surface area contributed by atoms with Gasteiger partial charge in [0, 0.05) is 11.6 Å². The van der Waals surface area contributed by atoms with Crippen LogP contribution in [0.25, 0.3) is 0 Å². The number of carbonyl (C=O) groups is 2. The first-order valence-electron chi connectivity index (χ1n) is 8.31. The Balaban J connectivity index is 1.64. The standard InChI is InChI=1S/C20H22ClNO4/c1-14-3-4-15(2)18(11-14)25-10-9-20(24)26-13-19(23)22-12-16-5-7-17(21)8-6-16/h3-8,11H,9-10,12-13H2,1-2H3,(H,22,23). The van der Waals surface area contributed by atoms with Gasteiger partial charge in [-0.15, -0.1) is 0 Å². The smallest absolute Gasteiger partial charge is 0.309 e. The molecule has 1 N–H and O–H groups in total. The van der Waals surface area contributed by atoms with Crippen molar-refractivity contribution in [3.63, 3.8) is 0 Å². The van der Waals surface area contributed by atoms with E-state index in [2.05, 4.69) is 5.32 Å². The summed E-state index contributed by atoms with van der Waals surface area (Å²) in [5.74, 6) is -0.0841. The van der Waals surface area contributed by atoms with Crippen molar-refractivity contribution in [2.45, 2.75) is 26.8 Å². The Morgan fingerprint density at radius 1 is 1.08 bits per heavy atom. The molecule has 0 heterocycles. The molecular formula is C20H22ClNO4. The molecule has 0 saturated heterocycles. The molecule has 2 rings (SSSR count). The van der Waals surface area contributed by atoms with Crippen LogP contribution in [0, 0.1) is 13.8 Å². The van der Waals surface area contributed by atoms with Crippen LogP contribution >= 0.6 is 11.6 Å². The first-order chi connectivity index (χ1) is 12.4. The van der Waals surface area contributed by atoms with Crippen LogP contribution in [-0.2, 0) is 20.9 Å². The van der Waals surface area contributed by atoms with Crippen molar-refractivity contribution < 1.29 is 19.1 Å². The fourth-order valence-electron chi connectivity index (χ4n) is 2.18. The molecule has 26 heavy (non-hydrogen) atoms. The molecule has 5 nitrogen and oxygen atoms in total. The van der Waals surface area contributed by atoms with E-state index in [1.807, 2.05) is 44.2 Å². The number of benzene rings is 2. The van der Waals surface area contributed by atoms with E-state index in [0.29, 0.717) is 11.6 Å². The minimum atomic E-state index is -0.475. The fraction of sp³-hybridized carbons (Fsp3) is 0.300. The van der Waals surface area contributed by atoms with E-state index in [4.69, 9.17) is 21.1 Å². The van der Waals surface area contributed by atoms with Gasteiger partial charge < -0.3 is 14.8 Å². The van der Waals surface area contributed by atoms with E-state index in [1.165, 1.54) is 0 Å². The maximum atomic E-state index is 11.7. The molecule has 0 aliphatic heterocycles. The van der Waals surface area contributed by atoms with Crippen LogP contribution in [0.3, 0.4) is 0 Å². The maximum absolute atomic E-state index is 11.7. The van der Waals surface area contributed by atoms with Crippen LogP contribution in [0.15, 0.2) is 42.5 Å². The molecular weight excluding hydrogens is 354 g/mol. The molecule has 1 amide bonds. The van der Waals surface area contributed by atoms with E-state index in [9.17, 15) is 9.59 Å². The molecule has 0 unspecified atom stereocenters. The average molecular weight is 376 g/mol. The molecule has 2 aromatic rings. The number of hydrogen-bond donors (Lipinski definition) is 1. The van der Waals surface area contributed by atoms with Crippen molar-refractivity contribution in [3.8, 4) is 5.75 Å². The number of carbonyl (C=O) groups excluding carboxylic acids is 2. The predicted molar refractivity (Wildman–Crippen MR) is 100 cm³/mol. The summed E-state index contributed by atoms with van der Waals surface area (Å²) in [4.78, 5) is 23.4. The van der Waals surface area contributed by atoms with Crippen LogP contribution in [-0.4, -0.2) is 25.1 Å². The van der Waals surface area contributed by atoms with Gasteiger partial charge in [-0.3, -0.25) is 9.59 Å². The second-order valence-electron chi connectivity index (χ2n) is 5.93. The Morgan fingerprint density at radius 3 is 2.54 bits per heavy atom. The highest BCUT2D eigenvalue weighted by atomic mass is 35.5. The topological polar surface area (TPSA) is 64.6 Å². The number of nitrogens with one attached hydrogen (secondary N) is 1. The van der Waals surface area contributed by atoms with Gasteiger partial charge in [0.2, 0.25) is 0 Å². The Morgan fingerprint density at radius 2 is 1.81 bits per heavy atom. The average Bonchev–Trinajstić information content (AvgIpc) is 2.62. The summed E-state index contributed by atoms with van der Waals surface area (Å²) in [5, 5.41) is 3.32. The normalized spacial score (nSPS) is 10.3. The largest absolute Gasteiger partial charge is 0.493 e. The van der Waals surface area contributed by atoms with Crippen molar-refractivity contribution in [2.24, 2.45) is 0 Å². The summed E-state index contributed by atoms with van der Waals surface area (Å²) in [6.07, 6.45) is 0.0812. The zero-order valence-corrected chi connectivity index (χ0v) is 15.6. The molecule has 0 aliphatic carbocycles. The van der Waals surface area contributed by atoms with E-state index < -0.39 is 5.97 Å². The van der Waals surface area contributed by atoms with Gasteiger partial charge in [0.1, 0.15) is 5.75 Å². The first-order valence-corrected chi connectivity index (χ1v) is 8.68. The summed E-state index contributed by atoms with van der Waals surface area (Å²) in [5.41, 5.74) is 3.01. The van der Waals surface area contributed by atoms with Gasteiger partial charge in [0.25, 0.3) is 5.91 Å². The quantitative estimate of drug-likeness (QED) is 0.716. The number of ether oxygens (including phenoxy) is 2. The number of esters is 1. The number of amides is 1. The lowest BCUT2D eigenvalue weighted by atomic mass is 10.1. The summed E-state index contributed by atoms with van der Waals surface area (Å²) < 4.78 is 10.5. The molecule has 0 spiro atoms. The lowest BCUT2D eigenvalue weighted by Crippen LogP contribution is -2.28. The summed E-state index contributed by atoms with van der Waals surface area (Å²) >= 11 is 5.80. The van der Waals surface area contributed by atoms with Gasteiger partial charge in [-0.25, -0.2) is 0 Å². The van der Waals surface area contributed by atoms with Gasteiger partial charge >= 0.3 is 5.97 Å². The van der Waals surface area contributed by atoms with Crippen LogP contribution < -0.4 is 10.1 Å². The first kappa shape index (κ1) is 19.8. The Kier molecular flexibility index (Phi) is 7.48. The number of halogens is 1. The lowest BCUT2D eigenvalue weighted by molar-refractivity contribution is -0.149. The highest BCUT2D eigenvalue weighted by Gasteiger charge is 2.08. The van der Waals surface area contributed by atoms with Gasteiger partial charge in [-0.2, -0.15) is 0 Å². The van der Waals surface area contributed by atoms with Crippen molar-refractivity contribution in [3.05, 3.63) is 64.2 Å². The third-order valence-electron chi connectivity index (χ3n) is 3.67. The lowest BCUT2D eigenvalue weighted by Gasteiger charge is -2.10. The number of hydrogen-bond acceptors (Lipinski definition) is 4. The molecule has 0 aromatic heterocycles. The molecule has 6 heteroatoms. The van der Waals surface area contributed by atoms with Crippen molar-refractivity contribution in [1.82, 2.24) is 5.32 Å². The van der Waals surface area contributed by atoms with E-state index in [1.54, 1.807) is 12.1 Å². The third kappa shape index (κ3) is 6.76. The molecule has 138 valence electrons. The van der Waals surface area contributed by atoms with Crippen LogP contribution in [0.1, 0.15) is 23.1 Å². The Labute approximate surface area is 158 Å². The molecule has 0 saturated carbocycles. The minimum absolute atomic E-state index is 0.0812. The van der Waals surface area contributed by atoms with Gasteiger partial charge in [-0.1, -0.05) is 35.9 Å². The predicted octanol–water partition coefficient (Wildman–Crippen LogP) is 3.59. The Bertz CT molecular complexity index is 759. The summed E-state index contributed by atoms with van der Waals surface area (Å²) in [6.45, 7) is 4.16. The number of rotatable bonds is 8. The van der Waals surface area contributed by atoms with E-state index in [-0.39, 0.29) is 25.5 Å². The van der Waals surface area contributed by atoms with Crippen LogP contribution in [0.2, 0.25) is 5.02 Å². The van der Waals surface area contributed by atoms with Gasteiger partial charge in [0.15, 0.2) is 6.61 Å². The third-order valence-corrected chi connectivity index (χ3v) is 3.93. The van der Waals surface area contributed by atoms with E-state index >= 15 is 0 Å². The van der Waals surface area contributed by atoms with E-state index in [0.717, 1.165) is 22.4 Å². The zero-order chi connectivity index (χ0) is 18.9. The highest BCUT2D eigenvalue weighted by Crippen LogP contribution is 2.19. The minimum Gasteiger partial charge on any atom is -0.493 e. The summed E-state index contributed by atoms with van der Waals surface area (Å²) in [6, 6.07) is 13.0. The molecule has 2 aromatic carbocycles. The second kappa shape index (κ2) is 9.82. The molecule has 0 radical (unpaired) electrons. The zero-order valence-electron chi connectivity index (χ0n) is 14.9. The molecule has 0 aliphatic rings. The SMILES string of the molecule is Cc1ccc(C)c(OCCC(=O)OCC(=O)NCc2ccc(Cl)cc2)c1. The van der Waals surface area contributed by atoms with Gasteiger partial charge in [-0.05, 0) is 48.7 Å². The molecule has 0 fully saturated rings. The highest BCUT2D eigenvalue weighted by molar-refractivity contribution is 6.30. The van der Waals surface area contributed by atoms with Gasteiger partial charge in [0.05, 0.1) is 13.0 Å². The number of aryl methyl sites for hydroxylation is 2. The second-order valence-corrected chi connectivity index (χ2v) is 6.37. The maximum Gasteiger partial charge on any atom is 0.309 e. The monoisotopic (exact) mass is 375 g/mol.